The summed E-state index contributed by atoms with van der Waals surface area (Å²) in [7, 11) is 0. The van der Waals surface area contributed by atoms with E-state index in [1.807, 2.05) is 48.0 Å². The Kier molecular flexibility index (Phi) is 6.34. The van der Waals surface area contributed by atoms with Gasteiger partial charge in [0.15, 0.2) is 5.82 Å². The third-order valence-corrected chi connectivity index (χ3v) is 7.46. The number of rotatable bonds is 6. The number of nitrogens with zero attached hydrogens (tertiary/aromatic N) is 6. The van der Waals surface area contributed by atoms with Gasteiger partial charge in [0, 0.05) is 37.4 Å². The predicted molar refractivity (Wildman–Crippen MR) is 139 cm³/mol. The standard InChI is InChI=1S/C27H32FN7O/c1-5-27(3,4)35-25(30-31-32-35)24(22-17-19-8-6-7-18(2)23(19)29-26(22)36)34-15-13-33(14-16-34)21-11-9-20(28)10-12-21/h6-12,17,24H,5,13-16H2,1-4H3,(H,29,36)/t24-/m0/s1. The van der Waals surface area contributed by atoms with Crippen LogP contribution in [0.4, 0.5) is 10.1 Å². The molecule has 1 N–H and O–H groups in total. The Morgan fingerprint density at radius 1 is 1.08 bits per heavy atom. The topological polar surface area (TPSA) is 82.9 Å². The highest BCUT2D eigenvalue weighted by molar-refractivity contribution is 5.82. The number of aryl methyl sites for hydroxylation is 1. The molecule has 1 saturated heterocycles. The van der Waals surface area contributed by atoms with E-state index in [0.717, 1.165) is 41.7 Å². The van der Waals surface area contributed by atoms with Gasteiger partial charge in [0.05, 0.1) is 11.1 Å². The van der Waals surface area contributed by atoms with Gasteiger partial charge in [-0.05, 0) is 78.9 Å². The summed E-state index contributed by atoms with van der Waals surface area (Å²) in [6.45, 7) is 11.2. The second kappa shape index (κ2) is 9.46. The molecule has 36 heavy (non-hydrogen) atoms. The molecule has 0 amide bonds. The number of para-hydroxylation sites is 1. The molecule has 5 rings (SSSR count). The molecular weight excluding hydrogens is 457 g/mol. The normalized spacial score (nSPS) is 16.0. The molecule has 0 radical (unpaired) electrons. The average molecular weight is 490 g/mol. The number of tetrazole rings is 1. The third-order valence-electron chi connectivity index (χ3n) is 7.46. The number of aromatic amines is 1. The lowest BCUT2D eigenvalue weighted by molar-refractivity contribution is 0.186. The molecule has 9 heteroatoms. The maximum absolute atomic E-state index is 13.5. The number of anilines is 1. The van der Waals surface area contributed by atoms with Crippen LogP contribution in [-0.2, 0) is 5.54 Å². The van der Waals surface area contributed by atoms with E-state index in [9.17, 15) is 9.18 Å². The number of pyridine rings is 1. The Morgan fingerprint density at radius 2 is 1.81 bits per heavy atom. The highest BCUT2D eigenvalue weighted by Gasteiger charge is 2.35. The van der Waals surface area contributed by atoms with Crippen molar-refractivity contribution in [3.05, 3.63) is 81.7 Å². The van der Waals surface area contributed by atoms with E-state index in [1.165, 1.54) is 12.1 Å². The van der Waals surface area contributed by atoms with Crippen LogP contribution in [0.5, 0.6) is 0 Å². The largest absolute Gasteiger partial charge is 0.369 e. The molecule has 188 valence electrons. The Morgan fingerprint density at radius 3 is 2.50 bits per heavy atom. The Balaban J connectivity index is 1.56. The summed E-state index contributed by atoms with van der Waals surface area (Å²) >= 11 is 0. The Hall–Kier alpha value is -3.59. The first-order valence-corrected chi connectivity index (χ1v) is 12.4. The lowest BCUT2D eigenvalue weighted by Crippen LogP contribution is -2.49. The van der Waals surface area contributed by atoms with E-state index in [1.54, 1.807) is 0 Å². The zero-order chi connectivity index (χ0) is 25.4. The molecule has 1 fully saturated rings. The zero-order valence-electron chi connectivity index (χ0n) is 21.2. The lowest BCUT2D eigenvalue weighted by atomic mass is 9.98. The van der Waals surface area contributed by atoms with Crippen LogP contribution in [0.1, 0.15) is 50.2 Å². The van der Waals surface area contributed by atoms with Gasteiger partial charge in [0.25, 0.3) is 5.56 Å². The van der Waals surface area contributed by atoms with Gasteiger partial charge in [-0.2, -0.15) is 0 Å². The third kappa shape index (κ3) is 4.39. The number of piperazine rings is 1. The molecule has 0 unspecified atom stereocenters. The van der Waals surface area contributed by atoms with Crippen molar-refractivity contribution in [1.29, 1.82) is 0 Å². The predicted octanol–water partition coefficient (Wildman–Crippen LogP) is 4.02. The second-order valence-electron chi connectivity index (χ2n) is 10.1. The fourth-order valence-corrected chi connectivity index (χ4v) is 4.94. The number of benzene rings is 2. The minimum absolute atomic E-state index is 0.133. The van der Waals surface area contributed by atoms with Crippen LogP contribution >= 0.6 is 0 Å². The first kappa shape index (κ1) is 24.1. The fraction of sp³-hybridized carbons (Fsp3) is 0.407. The Labute approximate surface area is 209 Å². The quantitative estimate of drug-likeness (QED) is 0.441. The molecule has 0 aliphatic carbocycles. The van der Waals surface area contributed by atoms with Gasteiger partial charge < -0.3 is 9.88 Å². The summed E-state index contributed by atoms with van der Waals surface area (Å²) in [5, 5.41) is 13.8. The highest BCUT2D eigenvalue weighted by atomic mass is 19.1. The molecule has 4 aromatic rings. The van der Waals surface area contributed by atoms with E-state index in [-0.39, 0.29) is 16.9 Å². The van der Waals surface area contributed by atoms with Gasteiger partial charge in [-0.25, -0.2) is 9.07 Å². The molecule has 0 spiro atoms. The summed E-state index contributed by atoms with van der Waals surface area (Å²) in [4.78, 5) is 21.1. The van der Waals surface area contributed by atoms with Gasteiger partial charge in [0.1, 0.15) is 11.9 Å². The van der Waals surface area contributed by atoms with Crippen LogP contribution in [0.2, 0.25) is 0 Å². The van der Waals surface area contributed by atoms with E-state index in [2.05, 4.69) is 51.1 Å². The van der Waals surface area contributed by atoms with Crippen molar-refractivity contribution in [2.24, 2.45) is 0 Å². The maximum atomic E-state index is 13.5. The smallest absolute Gasteiger partial charge is 0.253 e. The fourth-order valence-electron chi connectivity index (χ4n) is 4.94. The molecule has 2 aromatic carbocycles. The first-order valence-electron chi connectivity index (χ1n) is 12.4. The molecule has 1 aliphatic rings. The number of fused-ring (bicyclic) bond motifs is 1. The molecule has 1 atom stereocenters. The van der Waals surface area contributed by atoms with Gasteiger partial charge in [-0.15, -0.1) is 5.10 Å². The summed E-state index contributed by atoms with van der Waals surface area (Å²) in [5.41, 5.74) is 3.05. The SMILES string of the molecule is CCC(C)(C)n1nnnc1[C@H](c1cc2cccc(C)c2[nH]c1=O)N1CCN(c2ccc(F)cc2)CC1. The molecular formula is C27H32FN7O. The van der Waals surface area contributed by atoms with Crippen molar-refractivity contribution in [3.63, 3.8) is 0 Å². The Bertz CT molecular complexity index is 1420. The number of hydrogen-bond donors (Lipinski definition) is 1. The average Bonchev–Trinajstić information content (AvgIpc) is 3.37. The summed E-state index contributed by atoms with van der Waals surface area (Å²) in [6, 6.07) is 14.2. The lowest BCUT2D eigenvalue weighted by Gasteiger charge is -2.40. The molecule has 8 nitrogen and oxygen atoms in total. The summed E-state index contributed by atoms with van der Waals surface area (Å²) in [5.74, 6) is 0.420. The molecule has 1 aliphatic heterocycles. The minimum Gasteiger partial charge on any atom is -0.369 e. The molecule has 0 bridgehead atoms. The molecule has 3 heterocycles. The summed E-state index contributed by atoms with van der Waals surface area (Å²) < 4.78 is 15.3. The van der Waals surface area contributed by atoms with Crippen molar-refractivity contribution in [3.8, 4) is 0 Å². The van der Waals surface area contributed by atoms with Crippen molar-refractivity contribution in [1.82, 2.24) is 30.1 Å². The highest BCUT2D eigenvalue weighted by Crippen LogP contribution is 2.32. The van der Waals surface area contributed by atoms with Crippen molar-refractivity contribution >= 4 is 16.6 Å². The van der Waals surface area contributed by atoms with E-state index in [0.29, 0.717) is 24.5 Å². The number of H-pyrrole nitrogens is 1. The van der Waals surface area contributed by atoms with E-state index < -0.39 is 6.04 Å². The van der Waals surface area contributed by atoms with Crippen LogP contribution in [0.3, 0.4) is 0 Å². The van der Waals surface area contributed by atoms with E-state index >= 15 is 0 Å². The number of aromatic nitrogens is 5. The first-order chi connectivity index (χ1) is 17.3. The van der Waals surface area contributed by atoms with Crippen LogP contribution in [0, 0.1) is 12.7 Å². The van der Waals surface area contributed by atoms with Gasteiger partial charge in [-0.1, -0.05) is 25.1 Å². The maximum Gasteiger partial charge on any atom is 0.253 e. The number of nitrogens with one attached hydrogen (secondary N) is 1. The second-order valence-corrected chi connectivity index (χ2v) is 10.1. The molecule has 2 aromatic heterocycles. The molecule has 0 saturated carbocycles. The van der Waals surface area contributed by atoms with E-state index in [4.69, 9.17) is 0 Å². The van der Waals surface area contributed by atoms with Crippen LogP contribution in [-0.4, -0.2) is 56.3 Å². The monoisotopic (exact) mass is 489 g/mol. The van der Waals surface area contributed by atoms with Crippen molar-refractivity contribution in [2.75, 3.05) is 31.1 Å². The van der Waals surface area contributed by atoms with Gasteiger partial charge in [-0.3, -0.25) is 9.69 Å². The van der Waals surface area contributed by atoms with Gasteiger partial charge in [0.2, 0.25) is 0 Å². The van der Waals surface area contributed by atoms with Crippen molar-refractivity contribution in [2.45, 2.75) is 45.7 Å². The van der Waals surface area contributed by atoms with Crippen molar-refractivity contribution < 1.29 is 4.39 Å². The zero-order valence-corrected chi connectivity index (χ0v) is 21.2. The van der Waals surface area contributed by atoms with Crippen LogP contribution < -0.4 is 10.5 Å². The van der Waals surface area contributed by atoms with Crippen LogP contribution in [0.25, 0.3) is 10.9 Å². The summed E-state index contributed by atoms with van der Waals surface area (Å²) in [6.07, 6.45) is 0.837. The minimum atomic E-state index is -0.408. The van der Waals surface area contributed by atoms with Gasteiger partial charge >= 0.3 is 0 Å². The van der Waals surface area contributed by atoms with Crippen LogP contribution in [0.15, 0.2) is 53.3 Å². The number of halogens is 1. The number of hydrogen-bond acceptors (Lipinski definition) is 6.